The Balaban J connectivity index is 1.48. The standard InChI is InChI=1S/C15H20N4OS/c20-15(16-10-4-8-14-17-12-18-19-14)9-5-11-21-13-6-2-1-3-7-13/h1-3,6-7,12H,4-5,8-11H2,(H,16,20)(H,17,18,19). The predicted octanol–water partition coefficient (Wildman–Crippen LogP) is 2.43. The summed E-state index contributed by atoms with van der Waals surface area (Å²) in [5.74, 6) is 1.96. The Hall–Kier alpha value is -1.82. The molecule has 0 saturated heterocycles. The minimum absolute atomic E-state index is 0.126. The van der Waals surface area contributed by atoms with Crippen LogP contribution in [0.3, 0.4) is 0 Å². The van der Waals surface area contributed by atoms with E-state index >= 15 is 0 Å². The number of H-pyrrole nitrogens is 1. The summed E-state index contributed by atoms with van der Waals surface area (Å²) in [6.07, 6.45) is 4.66. The van der Waals surface area contributed by atoms with Crippen LogP contribution in [0.15, 0.2) is 41.6 Å². The average Bonchev–Trinajstić information content (AvgIpc) is 3.02. The van der Waals surface area contributed by atoms with Gasteiger partial charge in [0.15, 0.2) is 0 Å². The highest BCUT2D eigenvalue weighted by Gasteiger charge is 2.02. The van der Waals surface area contributed by atoms with Crippen LogP contribution in [0, 0.1) is 0 Å². The molecule has 0 unspecified atom stereocenters. The van der Waals surface area contributed by atoms with Gasteiger partial charge in [0.2, 0.25) is 5.91 Å². The summed E-state index contributed by atoms with van der Waals surface area (Å²) in [4.78, 5) is 17.0. The molecule has 0 aliphatic rings. The fraction of sp³-hybridized carbons (Fsp3) is 0.400. The van der Waals surface area contributed by atoms with Gasteiger partial charge in [-0.3, -0.25) is 9.89 Å². The molecule has 0 radical (unpaired) electrons. The van der Waals surface area contributed by atoms with E-state index in [9.17, 15) is 4.79 Å². The normalized spacial score (nSPS) is 10.5. The maximum absolute atomic E-state index is 11.7. The van der Waals surface area contributed by atoms with E-state index in [0.29, 0.717) is 13.0 Å². The van der Waals surface area contributed by atoms with Gasteiger partial charge in [-0.25, -0.2) is 4.98 Å². The van der Waals surface area contributed by atoms with Crippen molar-refractivity contribution in [2.75, 3.05) is 12.3 Å². The molecule has 1 aromatic heterocycles. The van der Waals surface area contributed by atoms with Crippen molar-refractivity contribution in [3.05, 3.63) is 42.5 Å². The molecule has 1 heterocycles. The second-order valence-electron chi connectivity index (χ2n) is 4.65. The average molecular weight is 304 g/mol. The third kappa shape index (κ3) is 6.44. The lowest BCUT2D eigenvalue weighted by atomic mass is 10.3. The van der Waals surface area contributed by atoms with Crippen LogP contribution in [0.1, 0.15) is 25.1 Å². The van der Waals surface area contributed by atoms with Crippen LogP contribution in [0.2, 0.25) is 0 Å². The summed E-state index contributed by atoms with van der Waals surface area (Å²) in [6.45, 7) is 0.686. The Labute approximate surface area is 128 Å². The maximum atomic E-state index is 11.7. The van der Waals surface area contributed by atoms with Crippen molar-refractivity contribution in [2.45, 2.75) is 30.6 Å². The summed E-state index contributed by atoms with van der Waals surface area (Å²) >= 11 is 1.79. The van der Waals surface area contributed by atoms with Gasteiger partial charge >= 0.3 is 0 Å². The van der Waals surface area contributed by atoms with E-state index in [4.69, 9.17) is 0 Å². The second-order valence-corrected chi connectivity index (χ2v) is 5.82. The number of aromatic amines is 1. The molecule has 5 nitrogen and oxygen atoms in total. The lowest BCUT2D eigenvalue weighted by Gasteiger charge is -2.04. The van der Waals surface area contributed by atoms with E-state index in [1.807, 2.05) is 18.2 Å². The summed E-state index contributed by atoms with van der Waals surface area (Å²) < 4.78 is 0. The lowest BCUT2D eigenvalue weighted by molar-refractivity contribution is -0.121. The van der Waals surface area contributed by atoms with Gasteiger partial charge in [-0.05, 0) is 30.7 Å². The van der Waals surface area contributed by atoms with Crippen LogP contribution in [0.25, 0.3) is 0 Å². The van der Waals surface area contributed by atoms with Gasteiger partial charge in [-0.2, -0.15) is 5.10 Å². The van der Waals surface area contributed by atoms with Crippen molar-refractivity contribution in [1.29, 1.82) is 0 Å². The van der Waals surface area contributed by atoms with Crippen molar-refractivity contribution in [2.24, 2.45) is 0 Å². The van der Waals surface area contributed by atoms with Crippen LogP contribution < -0.4 is 5.32 Å². The van der Waals surface area contributed by atoms with Gasteiger partial charge in [0.1, 0.15) is 12.2 Å². The van der Waals surface area contributed by atoms with E-state index in [1.54, 1.807) is 11.8 Å². The predicted molar refractivity (Wildman–Crippen MR) is 84.1 cm³/mol. The molecular weight excluding hydrogens is 284 g/mol. The van der Waals surface area contributed by atoms with E-state index < -0.39 is 0 Å². The third-order valence-electron chi connectivity index (χ3n) is 2.94. The topological polar surface area (TPSA) is 70.7 Å². The molecule has 21 heavy (non-hydrogen) atoms. The highest BCUT2D eigenvalue weighted by Crippen LogP contribution is 2.18. The number of nitrogens with one attached hydrogen (secondary N) is 2. The number of rotatable bonds is 9. The van der Waals surface area contributed by atoms with E-state index in [-0.39, 0.29) is 5.91 Å². The SMILES string of the molecule is O=C(CCCSc1ccccc1)NCCCc1ncn[nH]1. The minimum atomic E-state index is 0.126. The van der Waals surface area contributed by atoms with Crippen LogP contribution in [-0.4, -0.2) is 33.4 Å². The second kappa shape index (κ2) is 9.18. The van der Waals surface area contributed by atoms with Gasteiger partial charge in [0.05, 0.1) is 0 Å². The van der Waals surface area contributed by atoms with Crippen molar-refractivity contribution >= 4 is 17.7 Å². The van der Waals surface area contributed by atoms with Gasteiger partial charge < -0.3 is 5.32 Å². The Morgan fingerprint density at radius 3 is 2.86 bits per heavy atom. The quantitative estimate of drug-likeness (QED) is 0.551. The van der Waals surface area contributed by atoms with Crippen molar-refractivity contribution in [3.8, 4) is 0 Å². The maximum Gasteiger partial charge on any atom is 0.220 e. The molecule has 2 N–H and O–H groups in total. The molecule has 0 atom stereocenters. The molecule has 0 spiro atoms. The molecule has 0 fully saturated rings. The number of amides is 1. The first-order valence-corrected chi connectivity index (χ1v) is 8.12. The van der Waals surface area contributed by atoms with Gasteiger partial charge in [0, 0.05) is 24.3 Å². The third-order valence-corrected chi connectivity index (χ3v) is 4.04. The van der Waals surface area contributed by atoms with E-state index in [0.717, 1.165) is 30.8 Å². The lowest BCUT2D eigenvalue weighted by Crippen LogP contribution is -2.24. The number of benzene rings is 1. The number of hydrogen-bond donors (Lipinski definition) is 2. The zero-order chi connectivity index (χ0) is 14.8. The molecule has 6 heteroatoms. The van der Waals surface area contributed by atoms with Crippen LogP contribution in [0.4, 0.5) is 0 Å². The fourth-order valence-corrected chi connectivity index (χ4v) is 2.74. The molecular formula is C15H20N4OS. The van der Waals surface area contributed by atoms with Crippen LogP contribution in [-0.2, 0) is 11.2 Å². The van der Waals surface area contributed by atoms with E-state index in [2.05, 4.69) is 32.6 Å². The number of aryl methyl sites for hydroxylation is 1. The largest absolute Gasteiger partial charge is 0.356 e. The van der Waals surface area contributed by atoms with Crippen molar-refractivity contribution in [1.82, 2.24) is 20.5 Å². The molecule has 0 aliphatic heterocycles. The van der Waals surface area contributed by atoms with Gasteiger partial charge in [-0.15, -0.1) is 11.8 Å². The first kappa shape index (κ1) is 15.6. The zero-order valence-corrected chi connectivity index (χ0v) is 12.7. The Kier molecular flexibility index (Phi) is 6.80. The first-order valence-electron chi connectivity index (χ1n) is 7.13. The Morgan fingerprint density at radius 1 is 1.24 bits per heavy atom. The summed E-state index contributed by atoms with van der Waals surface area (Å²) in [5.41, 5.74) is 0. The number of thioether (sulfide) groups is 1. The molecule has 1 aromatic carbocycles. The minimum Gasteiger partial charge on any atom is -0.356 e. The number of hydrogen-bond acceptors (Lipinski definition) is 4. The summed E-state index contributed by atoms with van der Waals surface area (Å²) in [6, 6.07) is 10.3. The van der Waals surface area contributed by atoms with Crippen molar-refractivity contribution in [3.63, 3.8) is 0 Å². The Bertz CT molecular complexity index is 516. The van der Waals surface area contributed by atoms with Gasteiger partial charge in [0.25, 0.3) is 0 Å². The molecule has 1 amide bonds. The number of nitrogens with zero attached hydrogens (tertiary/aromatic N) is 2. The molecule has 0 aliphatic carbocycles. The first-order chi connectivity index (χ1) is 10.3. The zero-order valence-electron chi connectivity index (χ0n) is 11.9. The van der Waals surface area contributed by atoms with Crippen LogP contribution in [0.5, 0.6) is 0 Å². The van der Waals surface area contributed by atoms with Gasteiger partial charge in [-0.1, -0.05) is 18.2 Å². The number of aromatic nitrogens is 3. The number of carbonyl (C=O) groups is 1. The van der Waals surface area contributed by atoms with Crippen LogP contribution >= 0.6 is 11.8 Å². The summed E-state index contributed by atoms with van der Waals surface area (Å²) in [7, 11) is 0. The Morgan fingerprint density at radius 2 is 2.10 bits per heavy atom. The smallest absolute Gasteiger partial charge is 0.220 e. The molecule has 112 valence electrons. The monoisotopic (exact) mass is 304 g/mol. The highest BCUT2D eigenvalue weighted by molar-refractivity contribution is 7.99. The molecule has 2 rings (SSSR count). The fourth-order valence-electron chi connectivity index (χ4n) is 1.86. The molecule has 0 bridgehead atoms. The molecule has 2 aromatic rings. The van der Waals surface area contributed by atoms with Crippen molar-refractivity contribution < 1.29 is 4.79 Å². The molecule has 0 saturated carbocycles. The van der Waals surface area contributed by atoms with E-state index in [1.165, 1.54) is 11.2 Å². The highest BCUT2D eigenvalue weighted by atomic mass is 32.2. The summed E-state index contributed by atoms with van der Waals surface area (Å²) in [5, 5.41) is 9.52. The number of carbonyl (C=O) groups excluding carboxylic acids is 1.